The van der Waals surface area contributed by atoms with Crippen molar-refractivity contribution in [2.24, 2.45) is 5.92 Å². The molecule has 1 heterocycles. The van der Waals surface area contributed by atoms with Gasteiger partial charge in [0.05, 0.1) is 11.7 Å². The summed E-state index contributed by atoms with van der Waals surface area (Å²) < 4.78 is 5.48. The van der Waals surface area contributed by atoms with Gasteiger partial charge in [-0.05, 0) is 42.0 Å². The van der Waals surface area contributed by atoms with Crippen LogP contribution in [0.1, 0.15) is 47.3 Å². The summed E-state index contributed by atoms with van der Waals surface area (Å²) in [5.74, 6) is 0.334. The molecule has 1 aliphatic carbocycles. The summed E-state index contributed by atoms with van der Waals surface area (Å²) in [5.41, 5.74) is 1.43. The molecule has 2 unspecified atom stereocenters. The second kappa shape index (κ2) is 7.82. The van der Waals surface area contributed by atoms with E-state index in [1.165, 1.54) is 6.07 Å². The Morgan fingerprint density at radius 2 is 1.71 bits per heavy atom. The molecule has 0 radical (unpaired) electrons. The molecular weight excluding hydrogens is 376 g/mol. The third-order valence-electron chi connectivity index (χ3n) is 5.23. The lowest BCUT2D eigenvalue weighted by molar-refractivity contribution is 0.168. The lowest BCUT2D eigenvalue weighted by atomic mass is 9.87. The van der Waals surface area contributed by atoms with Gasteiger partial charge in [0.15, 0.2) is 0 Å². The summed E-state index contributed by atoms with van der Waals surface area (Å²) in [6, 6.07) is 18.0. The van der Waals surface area contributed by atoms with Crippen molar-refractivity contribution in [3.8, 4) is 5.75 Å². The van der Waals surface area contributed by atoms with Crippen LogP contribution in [0.5, 0.6) is 5.75 Å². The first-order valence-electron chi connectivity index (χ1n) is 9.37. The molecular formula is C23H21ClO4. The average Bonchev–Trinajstić information content (AvgIpc) is 3.51. The zero-order chi connectivity index (χ0) is 19.7. The first-order chi connectivity index (χ1) is 13.5. The summed E-state index contributed by atoms with van der Waals surface area (Å²) in [7, 11) is 0. The van der Waals surface area contributed by atoms with Gasteiger partial charge in [0, 0.05) is 23.4 Å². The molecule has 2 atom stereocenters. The summed E-state index contributed by atoms with van der Waals surface area (Å²) in [4.78, 5) is 12.7. The van der Waals surface area contributed by atoms with Crippen LogP contribution < -0.4 is 5.63 Å². The van der Waals surface area contributed by atoms with Crippen molar-refractivity contribution in [3.63, 3.8) is 0 Å². The Kier molecular flexibility index (Phi) is 5.25. The maximum Gasteiger partial charge on any atom is 0.343 e. The molecule has 144 valence electrons. The number of rotatable bonds is 6. The van der Waals surface area contributed by atoms with Crippen LogP contribution in [-0.4, -0.2) is 10.2 Å². The largest absolute Gasteiger partial charge is 0.507 e. The quantitative estimate of drug-likeness (QED) is 0.626. The number of hydrogen-bond acceptors (Lipinski definition) is 4. The Morgan fingerprint density at radius 3 is 2.32 bits per heavy atom. The molecule has 0 amide bonds. The Morgan fingerprint density at radius 1 is 1.04 bits per heavy atom. The van der Waals surface area contributed by atoms with Gasteiger partial charge in [-0.2, -0.15) is 0 Å². The predicted octanol–water partition coefficient (Wildman–Crippen LogP) is 4.82. The van der Waals surface area contributed by atoms with Gasteiger partial charge in [-0.25, -0.2) is 4.79 Å². The van der Waals surface area contributed by atoms with Crippen LogP contribution in [0, 0.1) is 5.92 Å². The Balaban J connectivity index is 1.63. The maximum absolute atomic E-state index is 12.7. The monoisotopic (exact) mass is 396 g/mol. The van der Waals surface area contributed by atoms with E-state index >= 15 is 0 Å². The number of aliphatic hydroxyl groups excluding tert-OH is 1. The normalized spacial score (nSPS) is 15.9. The molecule has 0 saturated heterocycles. The third kappa shape index (κ3) is 3.98. The molecule has 2 aromatic carbocycles. The van der Waals surface area contributed by atoms with Crippen molar-refractivity contribution in [1.29, 1.82) is 0 Å². The van der Waals surface area contributed by atoms with Crippen molar-refractivity contribution in [2.45, 2.75) is 31.3 Å². The Labute approximate surface area is 168 Å². The molecule has 1 aromatic heterocycles. The average molecular weight is 397 g/mol. The third-order valence-corrected chi connectivity index (χ3v) is 5.48. The van der Waals surface area contributed by atoms with Gasteiger partial charge in [0.2, 0.25) is 0 Å². The molecule has 4 nitrogen and oxygen atoms in total. The van der Waals surface area contributed by atoms with E-state index in [9.17, 15) is 15.0 Å². The van der Waals surface area contributed by atoms with E-state index in [-0.39, 0.29) is 23.8 Å². The fourth-order valence-electron chi connectivity index (χ4n) is 3.68. The second-order valence-corrected chi connectivity index (χ2v) is 7.73. The fraction of sp³-hybridized carbons (Fsp3) is 0.261. The van der Waals surface area contributed by atoms with Crippen molar-refractivity contribution in [3.05, 3.63) is 98.6 Å². The molecule has 3 aromatic rings. The molecule has 28 heavy (non-hydrogen) atoms. The highest BCUT2D eigenvalue weighted by Crippen LogP contribution is 2.47. The van der Waals surface area contributed by atoms with Gasteiger partial charge < -0.3 is 14.6 Å². The summed E-state index contributed by atoms with van der Waals surface area (Å²) in [5, 5.41) is 21.6. The molecule has 0 aliphatic heterocycles. The molecule has 1 fully saturated rings. The van der Waals surface area contributed by atoms with Gasteiger partial charge in [0.1, 0.15) is 11.5 Å². The van der Waals surface area contributed by atoms with Gasteiger partial charge in [-0.15, -0.1) is 0 Å². The molecule has 5 heteroatoms. The van der Waals surface area contributed by atoms with Crippen molar-refractivity contribution < 1.29 is 14.6 Å². The zero-order valence-corrected chi connectivity index (χ0v) is 16.0. The number of aliphatic hydroxyl groups is 1. The van der Waals surface area contributed by atoms with Crippen LogP contribution in [0.25, 0.3) is 0 Å². The molecule has 1 saturated carbocycles. The van der Waals surface area contributed by atoms with E-state index in [0.717, 1.165) is 18.4 Å². The minimum Gasteiger partial charge on any atom is -0.507 e. The minimum atomic E-state index is -0.862. The van der Waals surface area contributed by atoms with E-state index in [0.29, 0.717) is 22.1 Å². The van der Waals surface area contributed by atoms with Gasteiger partial charge in [-0.1, -0.05) is 54.1 Å². The lowest BCUT2D eigenvalue weighted by Crippen LogP contribution is -2.17. The topological polar surface area (TPSA) is 70.7 Å². The van der Waals surface area contributed by atoms with Crippen molar-refractivity contribution >= 4 is 11.6 Å². The molecule has 4 rings (SSSR count). The number of halogens is 1. The van der Waals surface area contributed by atoms with Crippen LogP contribution in [0.4, 0.5) is 0 Å². The smallest absolute Gasteiger partial charge is 0.343 e. The highest BCUT2D eigenvalue weighted by molar-refractivity contribution is 6.30. The molecule has 1 aliphatic rings. The van der Waals surface area contributed by atoms with E-state index in [1.54, 1.807) is 24.3 Å². The maximum atomic E-state index is 12.7. The molecule has 2 N–H and O–H groups in total. The van der Waals surface area contributed by atoms with Crippen LogP contribution in [0.2, 0.25) is 5.02 Å². The number of hydrogen-bond donors (Lipinski definition) is 2. The lowest BCUT2D eigenvalue weighted by Gasteiger charge is -2.18. The molecule has 0 bridgehead atoms. The van der Waals surface area contributed by atoms with Gasteiger partial charge in [-0.3, -0.25) is 0 Å². The van der Waals surface area contributed by atoms with Crippen molar-refractivity contribution in [2.75, 3.05) is 0 Å². The molecule has 0 spiro atoms. The SMILES string of the molecule is O=c1oc(CC(O)c2ccc(Cl)cc2)cc(O)c1C(c1ccccc1)C1CC1. The van der Waals surface area contributed by atoms with Crippen LogP contribution in [-0.2, 0) is 6.42 Å². The Hall–Kier alpha value is -2.56. The first-order valence-corrected chi connectivity index (χ1v) is 9.75. The Bertz CT molecular complexity index is 1010. The zero-order valence-electron chi connectivity index (χ0n) is 15.2. The van der Waals surface area contributed by atoms with E-state index < -0.39 is 11.7 Å². The summed E-state index contributed by atoms with van der Waals surface area (Å²) >= 11 is 5.87. The fourth-order valence-corrected chi connectivity index (χ4v) is 3.81. The van der Waals surface area contributed by atoms with E-state index in [4.69, 9.17) is 16.0 Å². The minimum absolute atomic E-state index is 0.0738. The van der Waals surface area contributed by atoms with E-state index in [1.807, 2.05) is 30.3 Å². The second-order valence-electron chi connectivity index (χ2n) is 7.30. The number of benzene rings is 2. The standard InChI is InChI=1S/C23H21ClO4/c24-17-10-8-14(9-11-17)19(25)12-18-13-20(26)22(23(27)28-18)21(16-6-7-16)15-4-2-1-3-5-15/h1-5,8-11,13,16,19,21,25-26H,6-7,12H2. The van der Waals surface area contributed by atoms with Crippen LogP contribution >= 0.6 is 11.6 Å². The van der Waals surface area contributed by atoms with Crippen molar-refractivity contribution in [1.82, 2.24) is 0 Å². The van der Waals surface area contributed by atoms with E-state index in [2.05, 4.69) is 0 Å². The van der Waals surface area contributed by atoms with Crippen LogP contribution in [0.15, 0.2) is 69.9 Å². The highest BCUT2D eigenvalue weighted by Gasteiger charge is 2.37. The summed E-state index contributed by atoms with van der Waals surface area (Å²) in [6.07, 6.45) is 1.27. The van der Waals surface area contributed by atoms with Gasteiger partial charge in [0.25, 0.3) is 0 Å². The highest BCUT2D eigenvalue weighted by atomic mass is 35.5. The number of aromatic hydroxyl groups is 1. The summed E-state index contributed by atoms with van der Waals surface area (Å²) in [6.45, 7) is 0. The predicted molar refractivity (Wildman–Crippen MR) is 108 cm³/mol. The first kappa shape index (κ1) is 18.8. The van der Waals surface area contributed by atoms with Crippen LogP contribution in [0.3, 0.4) is 0 Å². The van der Waals surface area contributed by atoms with Gasteiger partial charge >= 0.3 is 5.63 Å².